The van der Waals surface area contributed by atoms with Gasteiger partial charge in [-0.3, -0.25) is 14.3 Å². The topological polar surface area (TPSA) is 64.4 Å². The second kappa shape index (κ2) is 5.01. The van der Waals surface area contributed by atoms with Crippen molar-refractivity contribution in [2.75, 3.05) is 4.90 Å². The van der Waals surface area contributed by atoms with Crippen LogP contribution >= 0.6 is 0 Å². The highest BCUT2D eigenvalue weighted by atomic mass is 16.5. The zero-order chi connectivity index (χ0) is 16.3. The maximum atomic E-state index is 12.8. The second-order valence-corrected chi connectivity index (χ2v) is 6.73. The summed E-state index contributed by atoms with van der Waals surface area (Å²) in [6.07, 6.45) is 5.24. The van der Waals surface area contributed by atoms with Gasteiger partial charge in [0.2, 0.25) is 11.8 Å². The molecule has 3 aliphatic heterocycles. The highest BCUT2D eigenvalue weighted by Crippen LogP contribution is 2.49. The maximum absolute atomic E-state index is 12.8. The van der Waals surface area contributed by atoms with Crippen molar-refractivity contribution in [2.24, 2.45) is 11.8 Å². The number of hydrogen-bond acceptors (Lipinski definition) is 4. The van der Waals surface area contributed by atoms with Crippen molar-refractivity contribution in [3.63, 3.8) is 0 Å². The molecule has 2 bridgehead atoms. The van der Waals surface area contributed by atoms with Crippen LogP contribution in [0.15, 0.2) is 42.7 Å². The number of nitrogens with zero attached hydrogens (tertiary/aromatic N) is 3. The second-order valence-electron chi connectivity index (χ2n) is 6.73. The lowest BCUT2D eigenvalue weighted by molar-refractivity contribution is -0.124. The number of aromatic nitrogens is 2. The number of hydrogen-bond donors (Lipinski definition) is 0. The normalized spacial score (nSPS) is 31.1. The summed E-state index contributed by atoms with van der Waals surface area (Å²) in [7, 11) is 0. The van der Waals surface area contributed by atoms with E-state index in [1.807, 2.05) is 41.2 Å². The molecule has 0 unspecified atom stereocenters. The Morgan fingerprint density at radius 1 is 1.08 bits per heavy atom. The van der Waals surface area contributed by atoms with Gasteiger partial charge in [0.05, 0.1) is 36.3 Å². The minimum absolute atomic E-state index is 0.0753. The molecule has 3 aliphatic rings. The van der Waals surface area contributed by atoms with Crippen molar-refractivity contribution in [1.29, 1.82) is 0 Å². The molecule has 6 nitrogen and oxygen atoms in total. The molecule has 0 aliphatic carbocycles. The monoisotopic (exact) mass is 323 g/mol. The van der Waals surface area contributed by atoms with Crippen LogP contribution in [0.2, 0.25) is 0 Å². The highest BCUT2D eigenvalue weighted by Gasteiger charge is 2.62. The fourth-order valence-corrected chi connectivity index (χ4v) is 4.34. The fraction of sp³-hybridized carbons (Fsp3) is 0.389. The lowest BCUT2D eigenvalue weighted by atomic mass is 9.81. The number of benzene rings is 1. The van der Waals surface area contributed by atoms with E-state index >= 15 is 0 Å². The van der Waals surface area contributed by atoms with Gasteiger partial charge < -0.3 is 4.74 Å². The lowest BCUT2D eigenvalue weighted by Crippen LogP contribution is -2.34. The Bertz CT molecular complexity index is 789. The van der Waals surface area contributed by atoms with Crippen molar-refractivity contribution in [3.8, 4) is 0 Å². The molecule has 2 amide bonds. The van der Waals surface area contributed by atoms with E-state index in [-0.39, 0.29) is 35.9 Å². The van der Waals surface area contributed by atoms with Crippen LogP contribution in [-0.2, 0) is 20.9 Å². The number of rotatable bonds is 3. The van der Waals surface area contributed by atoms with Crippen LogP contribution in [0.3, 0.4) is 0 Å². The average Bonchev–Trinajstić information content (AvgIpc) is 3.33. The van der Waals surface area contributed by atoms with Gasteiger partial charge in [0, 0.05) is 12.4 Å². The third-order valence-corrected chi connectivity index (χ3v) is 5.36. The summed E-state index contributed by atoms with van der Waals surface area (Å²) >= 11 is 0. The van der Waals surface area contributed by atoms with Gasteiger partial charge in [-0.25, -0.2) is 4.90 Å². The third-order valence-electron chi connectivity index (χ3n) is 5.36. The van der Waals surface area contributed by atoms with E-state index in [4.69, 9.17) is 4.74 Å². The largest absolute Gasteiger partial charge is 0.373 e. The number of ether oxygens (including phenoxy) is 1. The molecule has 6 heteroatoms. The molecule has 1 aromatic carbocycles. The minimum atomic E-state index is -0.286. The summed E-state index contributed by atoms with van der Waals surface area (Å²) in [5.74, 6) is -0.779. The van der Waals surface area contributed by atoms with Crippen LogP contribution in [0.5, 0.6) is 0 Å². The molecule has 0 spiro atoms. The van der Waals surface area contributed by atoms with Crippen molar-refractivity contribution in [1.82, 2.24) is 9.78 Å². The molecule has 0 saturated carbocycles. The molecule has 24 heavy (non-hydrogen) atoms. The molecule has 3 saturated heterocycles. The maximum Gasteiger partial charge on any atom is 0.240 e. The van der Waals surface area contributed by atoms with Crippen LogP contribution in [0.1, 0.15) is 18.4 Å². The average molecular weight is 323 g/mol. The number of fused-ring (bicyclic) bond motifs is 5. The van der Waals surface area contributed by atoms with Gasteiger partial charge in [0.25, 0.3) is 0 Å². The van der Waals surface area contributed by atoms with Crippen molar-refractivity contribution < 1.29 is 14.3 Å². The van der Waals surface area contributed by atoms with Crippen molar-refractivity contribution in [2.45, 2.75) is 31.6 Å². The van der Waals surface area contributed by atoms with Crippen LogP contribution in [0, 0.1) is 11.8 Å². The van der Waals surface area contributed by atoms with E-state index in [0.717, 1.165) is 18.4 Å². The standard InChI is InChI=1S/C18H17N3O3/c22-17-15-13-5-6-14(24-13)16(15)18(23)21(17)12-4-1-3-11(9-12)10-20-8-2-7-19-20/h1-4,7-9,13-16H,5-6,10H2/t13-,14-,15-,16-/m1/s1. The number of carbonyl (C=O) groups excluding carboxylic acids is 2. The van der Waals surface area contributed by atoms with Gasteiger partial charge >= 0.3 is 0 Å². The number of anilines is 1. The summed E-state index contributed by atoms with van der Waals surface area (Å²) in [5, 5.41) is 4.20. The molecule has 0 radical (unpaired) electrons. The summed E-state index contributed by atoms with van der Waals surface area (Å²) in [6, 6.07) is 9.46. The summed E-state index contributed by atoms with van der Waals surface area (Å²) in [4.78, 5) is 27.0. The predicted molar refractivity (Wildman–Crippen MR) is 85.1 cm³/mol. The first kappa shape index (κ1) is 13.9. The SMILES string of the molecule is O=C1[C@H]2[C@H](C(=O)N1c1cccc(Cn3cccn3)c1)[C@H]1CC[C@H]2O1. The van der Waals surface area contributed by atoms with E-state index < -0.39 is 0 Å². The van der Waals surface area contributed by atoms with Crippen molar-refractivity contribution >= 4 is 17.5 Å². The Morgan fingerprint density at radius 2 is 1.83 bits per heavy atom. The first-order valence-corrected chi connectivity index (χ1v) is 8.32. The Hall–Kier alpha value is -2.47. The first-order chi connectivity index (χ1) is 11.7. The molecule has 3 fully saturated rings. The third kappa shape index (κ3) is 1.89. The Balaban J connectivity index is 1.46. The Morgan fingerprint density at radius 3 is 2.50 bits per heavy atom. The summed E-state index contributed by atoms with van der Waals surface area (Å²) in [5.41, 5.74) is 1.66. The zero-order valence-corrected chi connectivity index (χ0v) is 13.0. The number of amides is 2. The van der Waals surface area contributed by atoms with E-state index in [0.29, 0.717) is 12.2 Å². The van der Waals surface area contributed by atoms with Crippen LogP contribution < -0.4 is 4.90 Å². The molecule has 4 heterocycles. The van der Waals surface area contributed by atoms with Gasteiger partial charge in [-0.1, -0.05) is 12.1 Å². The Labute approximate surface area is 139 Å². The van der Waals surface area contributed by atoms with Gasteiger partial charge in [-0.15, -0.1) is 0 Å². The van der Waals surface area contributed by atoms with E-state index in [9.17, 15) is 9.59 Å². The molecule has 5 rings (SSSR count). The van der Waals surface area contributed by atoms with Crippen LogP contribution in [0.4, 0.5) is 5.69 Å². The van der Waals surface area contributed by atoms with Gasteiger partial charge in [0.15, 0.2) is 0 Å². The quantitative estimate of drug-likeness (QED) is 0.805. The lowest BCUT2D eigenvalue weighted by Gasteiger charge is -2.18. The summed E-state index contributed by atoms with van der Waals surface area (Å²) in [6.45, 7) is 0.609. The highest BCUT2D eigenvalue weighted by molar-refractivity contribution is 6.22. The number of imide groups is 1. The molecule has 1 aromatic heterocycles. The fourth-order valence-electron chi connectivity index (χ4n) is 4.34. The molecular weight excluding hydrogens is 306 g/mol. The Kier molecular flexibility index (Phi) is 2.91. The van der Waals surface area contributed by atoms with Crippen LogP contribution in [0.25, 0.3) is 0 Å². The molecular formula is C18H17N3O3. The zero-order valence-electron chi connectivity index (χ0n) is 13.0. The smallest absolute Gasteiger partial charge is 0.240 e. The predicted octanol–water partition coefficient (Wildman–Crippen LogP) is 1.60. The van der Waals surface area contributed by atoms with Crippen molar-refractivity contribution in [3.05, 3.63) is 48.3 Å². The molecule has 2 aromatic rings. The van der Waals surface area contributed by atoms with E-state index in [1.165, 1.54) is 4.90 Å². The van der Waals surface area contributed by atoms with Crippen LogP contribution in [-0.4, -0.2) is 33.8 Å². The van der Waals surface area contributed by atoms with Gasteiger partial charge in [0.1, 0.15) is 0 Å². The van der Waals surface area contributed by atoms with Gasteiger partial charge in [-0.05, 0) is 36.6 Å². The van der Waals surface area contributed by atoms with Gasteiger partial charge in [-0.2, -0.15) is 5.10 Å². The summed E-state index contributed by atoms with van der Waals surface area (Å²) < 4.78 is 7.59. The minimum Gasteiger partial charge on any atom is -0.373 e. The number of carbonyl (C=O) groups is 2. The van der Waals surface area contributed by atoms with E-state index in [2.05, 4.69) is 5.10 Å². The molecule has 122 valence electrons. The molecule has 4 atom stereocenters. The molecule has 0 N–H and O–H groups in total. The van der Waals surface area contributed by atoms with E-state index in [1.54, 1.807) is 6.20 Å². The first-order valence-electron chi connectivity index (χ1n) is 8.32.